The molecule has 1 fully saturated rings. The van der Waals surface area contributed by atoms with E-state index in [0.717, 1.165) is 24.1 Å². The fourth-order valence-electron chi connectivity index (χ4n) is 3.12. The molecule has 1 N–H and O–H groups in total. The summed E-state index contributed by atoms with van der Waals surface area (Å²) in [5, 5.41) is 13.3. The zero-order valence-electron chi connectivity index (χ0n) is 12.7. The van der Waals surface area contributed by atoms with Crippen LogP contribution in [0, 0.1) is 19.8 Å². The van der Waals surface area contributed by atoms with Crippen LogP contribution in [0.1, 0.15) is 49.6 Å². The molecule has 0 aromatic carbocycles. The van der Waals surface area contributed by atoms with Crippen LogP contribution < -0.4 is 0 Å². The van der Waals surface area contributed by atoms with Crippen LogP contribution in [0.4, 0.5) is 0 Å². The molecular formula is C15H24N2O3. The number of aliphatic hydroxyl groups is 1. The molecule has 0 spiro atoms. The summed E-state index contributed by atoms with van der Waals surface area (Å²) in [5.74, 6) is 0.768. The maximum atomic E-state index is 12.7. The van der Waals surface area contributed by atoms with E-state index >= 15 is 0 Å². The van der Waals surface area contributed by atoms with Gasteiger partial charge < -0.3 is 14.5 Å². The van der Waals surface area contributed by atoms with Crippen LogP contribution in [0.15, 0.2) is 4.52 Å². The maximum Gasteiger partial charge on any atom is 0.230 e. The number of rotatable bonds is 3. The second-order valence-corrected chi connectivity index (χ2v) is 5.93. The molecule has 112 valence electrons. The predicted molar refractivity (Wildman–Crippen MR) is 75.4 cm³/mol. The molecular weight excluding hydrogens is 256 g/mol. The average molecular weight is 280 g/mol. The number of hydrogen-bond acceptors (Lipinski definition) is 4. The van der Waals surface area contributed by atoms with Crippen molar-refractivity contribution in [1.29, 1.82) is 0 Å². The summed E-state index contributed by atoms with van der Waals surface area (Å²) in [6, 6.07) is 0.230. The van der Waals surface area contributed by atoms with Gasteiger partial charge in [0.15, 0.2) is 0 Å². The second kappa shape index (κ2) is 5.95. The second-order valence-electron chi connectivity index (χ2n) is 5.93. The Morgan fingerprint density at radius 3 is 2.75 bits per heavy atom. The number of aryl methyl sites for hydroxylation is 2. The number of likely N-dealkylation sites (tertiary alicyclic amines) is 1. The minimum atomic E-state index is -0.249. The van der Waals surface area contributed by atoms with Gasteiger partial charge in [0, 0.05) is 24.8 Å². The quantitative estimate of drug-likeness (QED) is 0.919. The van der Waals surface area contributed by atoms with Crippen LogP contribution in [-0.4, -0.2) is 40.3 Å². The lowest BCUT2D eigenvalue weighted by Crippen LogP contribution is -2.47. The first kappa shape index (κ1) is 15.0. The van der Waals surface area contributed by atoms with Crippen molar-refractivity contribution in [3.05, 3.63) is 17.0 Å². The third-order valence-corrected chi connectivity index (χ3v) is 4.41. The Balaban J connectivity index is 2.17. The van der Waals surface area contributed by atoms with Crippen LogP contribution in [0.2, 0.25) is 0 Å². The van der Waals surface area contributed by atoms with E-state index in [1.807, 2.05) is 25.7 Å². The van der Waals surface area contributed by atoms with Crippen molar-refractivity contribution in [1.82, 2.24) is 10.1 Å². The lowest BCUT2D eigenvalue weighted by Gasteiger charge is -2.38. The molecule has 20 heavy (non-hydrogen) atoms. The van der Waals surface area contributed by atoms with Gasteiger partial charge in [-0.05, 0) is 46.5 Å². The van der Waals surface area contributed by atoms with Crippen LogP contribution >= 0.6 is 0 Å². The van der Waals surface area contributed by atoms with Crippen LogP contribution in [0.25, 0.3) is 0 Å². The Bertz CT molecular complexity index is 464. The number of aliphatic hydroxyl groups excluding tert-OH is 1. The van der Waals surface area contributed by atoms with Gasteiger partial charge in [0.05, 0.1) is 11.6 Å². The van der Waals surface area contributed by atoms with E-state index in [1.165, 1.54) is 0 Å². The highest BCUT2D eigenvalue weighted by atomic mass is 16.5. The highest BCUT2D eigenvalue weighted by Crippen LogP contribution is 2.29. The van der Waals surface area contributed by atoms with Gasteiger partial charge in [-0.1, -0.05) is 5.16 Å². The molecule has 2 heterocycles. The lowest BCUT2D eigenvalue weighted by atomic mass is 9.91. The third-order valence-electron chi connectivity index (χ3n) is 4.41. The van der Waals surface area contributed by atoms with Gasteiger partial charge in [-0.25, -0.2) is 0 Å². The topological polar surface area (TPSA) is 66.6 Å². The number of hydrogen-bond donors (Lipinski definition) is 1. The molecule has 3 unspecified atom stereocenters. The van der Waals surface area contributed by atoms with E-state index in [0.29, 0.717) is 12.3 Å². The average Bonchev–Trinajstić information content (AvgIpc) is 2.77. The molecule has 1 saturated heterocycles. The molecule has 1 aliphatic heterocycles. The zero-order valence-corrected chi connectivity index (χ0v) is 12.7. The van der Waals surface area contributed by atoms with Gasteiger partial charge in [0.2, 0.25) is 5.91 Å². The SMILES string of the molecule is Cc1noc(C)c1C(C)C(=O)N1CC(CO)CCC1C. The zero-order chi connectivity index (χ0) is 14.9. The van der Waals surface area contributed by atoms with Crippen molar-refractivity contribution in [2.24, 2.45) is 5.92 Å². The fraction of sp³-hybridized carbons (Fsp3) is 0.733. The van der Waals surface area contributed by atoms with Crippen molar-refractivity contribution in [2.75, 3.05) is 13.2 Å². The molecule has 3 atom stereocenters. The number of piperidine rings is 1. The number of nitrogens with zero attached hydrogens (tertiary/aromatic N) is 2. The Kier molecular flexibility index (Phi) is 4.48. The van der Waals surface area contributed by atoms with Gasteiger partial charge in [-0.3, -0.25) is 4.79 Å². The van der Waals surface area contributed by atoms with E-state index in [1.54, 1.807) is 0 Å². The molecule has 1 aromatic heterocycles. The van der Waals surface area contributed by atoms with Gasteiger partial charge in [-0.2, -0.15) is 0 Å². The molecule has 0 saturated carbocycles. The predicted octanol–water partition coefficient (Wildman–Crippen LogP) is 2.01. The minimum absolute atomic E-state index is 0.102. The Hall–Kier alpha value is -1.36. The number of carbonyl (C=O) groups excluding carboxylic acids is 1. The Labute approximate surface area is 119 Å². The smallest absolute Gasteiger partial charge is 0.230 e. The molecule has 1 amide bonds. The van der Waals surface area contributed by atoms with Crippen LogP contribution in [0.3, 0.4) is 0 Å². The van der Waals surface area contributed by atoms with Gasteiger partial charge in [0.25, 0.3) is 0 Å². The van der Waals surface area contributed by atoms with Gasteiger partial charge in [-0.15, -0.1) is 0 Å². The number of amides is 1. The van der Waals surface area contributed by atoms with E-state index in [9.17, 15) is 9.90 Å². The van der Waals surface area contributed by atoms with E-state index in [-0.39, 0.29) is 30.4 Å². The van der Waals surface area contributed by atoms with Crippen LogP contribution in [-0.2, 0) is 4.79 Å². The molecule has 2 rings (SSSR count). The van der Waals surface area contributed by atoms with Crippen LogP contribution in [0.5, 0.6) is 0 Å². The summed E-state index contributed by atoms with van der Waals surface area (Å²) in [7, 11) is 0. The molecule has 0 radical (unpaired) electrons. The molecule has 0 aliphatic carbocycles. The van der Waals surface area contributed by atoms with Crippen molar-refractivity contribution in [2.45, 2.75) is 52.5 Å². The van der Waals surface area contributed by atoms with E-state index < -0.39 is 0 Å². The molecule has 5 heteroatoms. The third kappa shape index (κ3) is 2.73. The summed E-state index contributed by atoms with van der Waals surface area (Å²) < 4.78 is 5.16. The highest BCUT2D eigenvalue weighted by molar-refractivity contribution is 5.84. The lowest BCUT2D eigenvalue weighted by molar-refractivity contribution is -0.137. The summed E-state index contributed by atoms with van der Waals surface area (Å²) in [5.41, 5.74) is 1.68. The molecule has 1 aliphatic rings. The Morgan fingerprint density at radius 2 is 2.20 bits per heavy atom. The monoisotopic (exact) mass is 280 g/mol. The summed E-state index contributed by atoms with van der Waals surface area (Å²) in [6.45, 7) is 8.48. The molecule has 1 aromatic rings. The molecule has 0 bridgehead atoms. The fourth-order valence-corrected chi connectivity index (χ4v) is 3.12. The normalized spacial score (nSPS) is 24.8. The van der Waals surface area contributed by atoms with E-state index in [2.05, 4.69) is 12.1 Å². The summed E-state index contributed by atoms with van der Waals surface area (Å²) in [4.78, 5) is 14.7. The number of aromatic nitrogens is 1. The van der Waals surface area contributed by atoms with E-state index in [4.69, 9.17) is 4.52 Å². The largest absolute Gasteiger partial charge is 0.396 e. The van der Waals surface area contributed by atoms with Gasteiger partial charge in [0.1, 0.15) is 5.76 Å². The number of carbonyl (C=O) groups is 1. The maximum absolute atomic E-state index is 12.7. The summed E-state index contributed by atoms with van der Waals surface area (Å²) >= 11 is 0. The Morgan fingerprint density at radius 1 is 1.50 bits per heavy atom. The first-order chi connectivity index (χ1) is 9.45. The van der Waals surface area contributed by atoms with Crippen molar-refractivity contribution in [3.8, 4) is 0 Å². The summed E-state index contributed by atoms with van der Waals surface area (Å²) in [6.07, 6.45) is 1.94. The first-order valence-electron chi connectivity index (χ1n) is 7.29. The van der Waals surface area contributed by atoms with Gasteiger partial charge >= 0.3 is 0 Å². The van der Waals surface area contributed by atoms with Crippen molar-refractivity contribution < 1.29 is 14.4 Å². The highest BCUT2D eigenvalue weighted by Gasteiger charge is 2.33. The van der Waals surface area contributed by atoms with Crippen molar-refractivity contribution in [3.63, 3.8) is 0 Å². The minimum Gasteiger partial charge on any atom is -0.396 e. The molecule has 5 nitrogen and oxygen atoms in total. The standard InChI is InChI=1S/C15H24N2O3/c1-9-5-6-13(8-18)7-17(9)15(19)10(2)14-11(3)16-20-12(14)4/h9-10,13,18H,5-8H2,1-4H3. The first-order valence-corrected chi connectivity index (χ1v) is 7.29. The van der Waals surface area contributed by atoms with Crippen molar-refractivity contribution >= 4 is 5.91 Å².